The zero-order valence-electron chi connectivity index (χ0n) is 18.5. The van der Waals surface area contributed by atoms with Gasteiger partial charge in [-0.05, 0) is 38.1 Å². The number of fused-ring (bicyclic) bond motifs is 1. The van der Waals surface area contributed by atoms with E-state index in [0.29, 0.717) is 19.0 Å². The van der Waals surface area contributed by atoms with Crippen molar-refractivity contribution in [1.29, 1.82) is 0 Å². The second-order valence-electron chi connectivity index (χ2n) is 7.48. The van der Waals surface area contributed by atoms with Gasteiger partial charge in [0.25, 0.3) is 0 Å². The predicted molar refractivity (Wildman–Crippen MR) is 121 cm³/mol. The number of benzene rings is 1. The highest BCUT2D eigenvalue weighted by Gasteiger charge is 2.33. The first kappa shape index (κ1) is 22.0. The molecule has 0 radical (unpaired) electrons. The summed E-state index contributed by atoms with van der Waals surface area (Å²) < 4.78 is 5.91. The van der Waals surface area contributed by atoms with Gasteiger partial charge in [0.1, 0.15) is 18.2 Å². The van der Waals surface area contributed by atoms with Gasteiger partial charge in [0.2, 0.25) is 11.9 Å². The second-order valence-corrected chi connectivity index (χ2v) is 7.48. The fourth-order valence-corrected chi connectivity index (χ4v) is 3.81. The van der Waals surface area contributed by atoms with Crippen LogP contribution >= 0.6 is 0 Å². The molecule has 1 aliphatic heterocycles. The number of likely N-dealkylation sites (N-methyl/N-ethyl adjacent to an activating group) is 1. The van der Waals surface area contributed by atoms with Gasteiger partial charge in [0.05, 0.1) is 6.42 Å². The number of carbonyl (C=O) groups excluding carboxylic acids is 1. The Kier molecular flexibility index (Phi) is 7.63. The minimum absolute atomic E-state index is 0.105. The second kappa shape index (κ2) is 10.4. The Balaban J connectivity index is 1.70. The van der Waals surface area contributed by atoms with E-state index in [9.17, 15) is 4.79 Å². The fraction of sp³-hybridized carbons (Fsp3) is 0.522. The van der Waals surface area contributed by atoms with Crippen LogP contribution in [0.2, 0.25) is 0 Å². The molecular weight excluding hydrogens is 378 g/mol. The van der Waals surface area contributed by atoms with E-state index in [1.165, 1.54) is 0 Å². The highest BCUT2D eigenvalue weighted by Crippen LogP contribution is 2.31. The molecule has 30 heavy (non-hydrogen) atoms. The number of nitrogens with one attached hydrogen (secondary N) is 1. The van der Waals surface area contributed by atoms with Crippen molar-refractivity contribution >= 4 is 23.4 Å². The molecule has 1 aromatic carbocycles. The lowest BCUT2D eigenvalue weighted by atomic mass is 10.1. The first-order valence-corrected chi connectivity index (χ1v) is 11.0. The van der Waals surface area contributed by atoms with Gasteiger partial charge >= 0.3 is 0 Å². The highest BCUT2D eigenvalue weighted by atomic mass is 16.5. The number of hydrogen-bond donors (Lipinski definition) is 1. The van der Waals surface area contributed by atoms with Gasteiger partial charge in [-0.15, -0.1) is 0 Å². The molecular formula is C23H33N5O2. The molecule has 0 aliphatic carbocycles. The van der Waals surface area contributed by atoms with Crippen molar-refractivity contribution in [2.24, 2.45) is 0 Å². The zero-order chi connectivity index (χ0) is 21.5. The fourth-order valence-electron chi connectivity index (χ4n) is 3.81. The summed E-state index contributed by atoms with van der Waals surface area (Å²) in [6.07, 6.45) is 3.94. The monoisotopic (exact) mass is 411 g/mol. The van der Waals surface area contributed by atoms with Crippen LogP contribution in [0.25, 0.3) is 0 Å². The summed E-state index contributed by atoms with van der Waals surface area (Å²) in [6, 6.07) is 7.97. The zero-order valence-corrected chi connectivity index (χ0v) is 18.5. The molecule has 0 saturated carbocycles. The van der Waals surface area contributed by atoms with Crippen molar-refractivity contribution in [1.82, 2.24) is 14.9 Å². The Labute approximate surface area is 179 Å². The summed E-state index contributed by atoms with van der Waals surface area (Å²) in [5, 5.41) is 3.26. The molecule has 7 heteroatoms. The molecule has 0 atom stereocenters. The molecule has 162 valence electrons. The number of amides is 1. The van der Waals surface area contributed by atoms with Crippen molar-refractivity contribution < 1.29 is 9.53 Å². The number of aromatic nitrogens is 2. The average molecular weight is 412 g/mol. The lowest BCUT2D eigenvalue weighted by Crippen LogP contribution is -2.37. The Morgan fingerprint density at radius 2 is 1.97 bits per heavy atom. The maximum Gasteiger partial charge on any atom is 0.233 e. The van der Waals surface area contributed by atoms with E-state index in [-0.39, 0.29) is 11.9 Å². The molecule has 2 heterocycles. The molecule has 7 nitrogen and oxygen atoms in total. The van der Waals surface area contributed by atoms with Gasteiger partial charge in [-0.3, -0.25) is 9.69 Å². The van der Waals surface area contributed by atoms with Gasteiger partial charge in [-0.2, -0.15) is 4.98 Å². The van der Waals surface area contributed by atoms with Crippen LogP contribution in [0.3, 0.4) is 0 Å². The minimum Gasteiger partial charge on any atom is -0.492 e. The Morgan fingerprint density at radius 3 is 2.67 bits per heavy atom. The molecule has 0 saturated heterocycles. The number of hydrogen-bond acceptors (Lipinski definition) is 6. The molecule has 0 unspecified atom stereocenters. The SMILES string of the molecule is CCC(CC)N1C(=O)Cc2cnc(Nc3cccc(OCCN(CC)CC)c3)nc21. The largest absolute Gasteiger partial charge is 0.492 e. The van der Waals surface area contributed by atoms with E-state index in [4.69, 9.17) is 4.74 Å². The molecule has 1 N–H and O–H groups in total. The van der Waals surface area contributed by atoms with Crippen LogP contribution in [0.4, 0.5) is 17.5 Å². The van der Waals surface area contributed by atoms with Crippen molar-refractivity contribution in [3.8, 4) is 5.75 Å². The predicted octanol–water partition coefficient (Wildman–Crippen LogP) is 4.02. The lowest BCUT2D eigenvalue weighted by molar-refractivity contribution is -0.117. The quantitative estimate of drug-likeness (QED) is 0.602. The molecule has 1 amide bonds. The third-order valence-electron chi connectivity index (χ3n) is 5.65. The number of anilines is 3. The van der Waals surface area contributed by atoms with Gasteiger partial charge in [-0.1, -0.05) is 33.8 Å². The summed E-state index contributed by atoms with van der Waals surface area (Å²) in [7, 11) is 0. The first-order chi connectivity index (χ1) is 14.6. The molecule has 2 aromatic rings. The van der Waals surface area contributed by atoms with Crippen LogP contribution in [0.5, 0.6) is 5.75 Å². The van der Waals surface area contributed by atoms with E-state index in [1.54, 1.807) is 6.20 Å². The van der Waals surface area contributed by atoms with E-state index < -0.39 is 0 Å². The summed E-state index contributed by atoms with van der Waals surface area (Å²) >= 11 is 0. The van der Waals surface area contributed by atoms with Gasteiger partial charge < -0.3 is 15.0 Å². The van der Waals surface area contributed by atoms with E-state index in [0.717, 1.165) is 55.3 Å². The average Bonchev–Trinajstić information content (AvgIpc) is 3.08. The van der Waals surface area contributed by atoms with Crippen LogP contribution in [-0.2, 0) is 11.2 Å². The summed E-state index contributed by atoms with van der Waals surface area (Å²) in [5.41, 5.74) is 1.75. The maximum atomic E-state index is 12.5. The number of ether oxygens (including phenoxy) is 1. The third kappa shape index (κ3) is 5.08. The third-order valence-corrected chi connectivity index (χ3v) is 5.65. The van der Waals surface area contributed by atoms with Crippen molar-refractivity contribution in [3.05, 3.63) is 36.0 Å². The number of rotatable bonds is 11. The normalized spacial score (nSPS) is 13.3. The molecule has 3 rings (SSSR count). The molecule has 0 bridgehead atoms. The summed E-state index contributed by atoms with van der Waals surface area (Å²) in [4.78, 5) is 25.8. The van der Waals surface area contributed by atoms with Gasteiger partial charge in [0.15, 0.2) is 0 Å². The molecule has 1 aromatic heterocycles. The first-order valence-electron chi connectivity index (χ1n) is 11.0. The summed E-state index contributed by atoms with van der Waals surface area (Å²) in [5.74, 6) is 2.13. The minimum atomic E-state index is 0.105. The van der Waals surface area contributed by atoms with E-state index in [2.05, 4.69) is 47.9 Å². The standard InChI is InChI=1S/C23H33N5O2/c1-5-19(6-2)28-21(29)14-17-16-24-23(26-22(17)28)25-18-10-9-11-20(15-18)30-13-12-27(7-3)8-4/h9-11,15-16,19H,5-8,12-14H2,1-4H3,(H,24,25,26). The smallest absolute Gasteiger partial charge is 0.233 e. The Hall–Kier alpha value is -2.67. The van der Waals surface area contributed by atoms with E-state index >= 15 is 0 Å². The Morgan fingerprint density at radius 1 is 1.20 bits per heavy atom. The van der Waals surface area contributed by atoms with E-state index in [1.807, 2.05) is 29.2 Å². The van der Waals surface area contributed by atoms with Gasteiger partial charge in [0, 0.05) is 36.1 Å². The highest BCUT2D eigenvalue weighted by molar-refractivity contribution is 6.00. The lowest BCUT2D eigenvalue weighted by Gasteiger charge is -2.25. The maximum absolute atomic E-state index is 12.5. The van der Waals surface area contributed by atoms with Crippen LogP contribution in [0.1, 0.15) is 46.1 Å². The Bertz CT molecular complexity index is 849. The van der Waals surface area contributed by atoms with Gasteiger partial charge in [-0.25, -0.2) is 4.98 Å². The van der Waals surface area contributed by atoms with Crippen molar-refractivity contribution in [3.63, 3.8) is 0 Å². The van der Waals surface area contributed by atoms with Crippen LogP contribution < -0.4 is 15.0 Å². The van der Waals surface area contributed by atoms with Crippen molar-refractivity contribution in [2.45, 2.75) is 53.0 Å². The molecule has 0 fully saturated rings. The summed E-state index contributed by atoms with van der Waals surface area (Å²) in [6.45, 7) is 12.1. The molecule has 1 aliphatic rings. The molecule has 0 spiro atoms. The van der Waals surface area contributed by atoms with Crippen LogP contribution in [0.15, 0.2) is 30.5 Å². The van der Waals surface area contributed by atoms with Crippen LogP contribution in [0, 0.1) is 0 Å². The number of carbonyl (C=O) groups is 1. The van der Waals surface area contributed by atoms with Crippen molar-refractivity contribution in [2.75, 3.05) is 36.5 Å². The van der Waals surface area contributed by atoms with Crippen LogP contribution in [-0.4, -0.2) is 53.1 Å². The topological polar surface area (TPSA) is 70.6 Å². The number of nitrogens with zero attached hydrogens (tertiary/aromatic N) is 4.